The molecule has 0 aliphatic carbocycles. The fraction of sp³-hybridized carbons (Fsp3) is 0.533. The van der Waals surface area contributed by atoms with Crippen LogP contribution >= 0.6 is 0 Å². The van der Waals surface area contributed by atoms with E-state index in [1.54, 1.807) is 7.11 Å². The molecule has 4 nitrogen and oxygen atoms in total. The van der Waals surface area contributed by atoms with E-state index >= 15 is 0 Å². The van der Waals surface area contributed by atoms with E-state index in [1.807, 2.05) is 32.9 Å². The van der Waals surface area contributed by atoms with Gasteiger partial charge in [-0.05, 0) is 25.0 Å². The van der Waals surface area contributed by atoms with Crippen LogP contribution in [0, 0.1) is 6.92 Å². The predicted octanol–water partition coefficient (Wildman–Crippen LogP) is 1.66. The second-order valence-electron chi connectivity index (χ2n) is 4.95. The minimum absolute atomic E-state index is 0.0281. The molecule has 0 saturated heterocycles. The molecule has 0 radical (unpaired) electrons. The standard InChI is InChI=1S/C15H24N2O2/c1-11(2)17-10-15(18)16-8-7-13-9-12(3)5-6-14(13)19-4/h5-6,9,11,17H,7-8,10H2,1-4H3,(H,16,18). The van der Waals surface area contributed by atoms with Crippen molar-refractivity contribution in [2.24, 2.45) is 0 Å². The van der Waals surface area contributed by atoms with Gasteiger partial charge in [-0.2, -0.15) is 0 Å². The second kappa shape index (κ2) is 7.79. The van der Waals surface area contributed by atoms with E-state index in [-0.39, 0.29) is 5.91 Å². The number of hydrogen-bond donors (Lipinski definition) is 2. The van der Waals surface area contributed by atoms with Crippen molar-refractivity contribution < 1.29 is 9.53 Å². The van der Waals surface area contributed by atoms with Gasteiger partial charge >= 0.3 is 0 Å². The summed E-state index contributed by atoms with van der Waals surface area (Å²) in [6.45, 7) is 7.07. The molecule has 0 fully saturated rings. The molecule has 0 unspecified atom stereocenters. The molecule has 0 aromatic heterocycles. The Labute approximate surface area is 115 Å². The summed E-state index contributed by atoms with van der Waals surface area (Å²) in [4.78, 5) is 11.6. The molecule has 0 heterocycles. The van der Waals surface area contributed by atoms with Crippen molar-refractivity contribution in [2.45, 2.75) is 33.2 Å². The number of benzene rings is 1. The van der Waals surface area contributed by atoms with Crippen molar-refractivity contribution in [3.8, 4) is 5.75 Å². The topological polar surface area (TPSA) is 50.4 Å². The van der Waals surface area contributed by atoms with Crippen LogP contribution < -0.4 is 15.4 Å². The smallest absolute Gasteiger partial charge is 0.233 e. The van der Waals surface area contributed by atoms with Gasteiger partial charge in [-0.15, -0.1) is 0 Å². The summed E-state index contributed by atoms with van der Waals surface area (Å²) in [6, 6.07) is 6.40. The molecule has 19 heavy (non-hydrogen) atoms. The molecular weight excluding hydrogens is 240 g/mol. The molecule has 1 aromatic rings. The first-order valence-corrected chi connectivity index (χ1v) is 6.66. The Morgan fingerprint density at radius 1 is 1.37 bits per heavy atom. The number of methoxy groups -OCH3 is 1. The minimum atomic E-state index is 0.0281. The SMILES string of the molecule is COc1ccc(C)cc1CCNC(=O)CNC(C)C. The summed E-state index contributed by atoms with van der Waals surface area (Å²) in [5.74, 6) is 0.903. The van der Waals surface area contributed by atoms with Crippen molar-refractivity contribution in [1.29, 1.82) is 0 Å². The van der Waals surface area contributed by atoms with Crippen LogP contribution in [0.2, 0.25) is 0 Å². The first kappa shape index (κ1) is 15.5. The van der Waals surface area contributed by atoms with Crippen LogP contribution in [0.3, 0.4) is 0 Å². The normalized spacial score (nSPS) is 10.6. The fourth-order valence-corrected chi connectivity index (χ4v) is 1.80. The lowest BCUT2D eigenvalue weighted by Gasteiger charge is -2.11. The lowest BCUT2D eigenvalue weighted by Crippen LogP contribution is -2.37. The Hall–Kier alpha value is -1.55. The zero-order valence-corrected chi connectivity index (χ0v) is 12.2. The van der Waals surface area contributed by atoms with Crippen molar-refractivity contribution in [2.75, 3.05) is 20.2 Å². The summed E-state index contributed by atoms with van der Waals surface area (Å²) in [5, 5.41) is 5.99. The predicted molar refractivity (Wildman–Crippen MR) is 77.6 cm³/mol. The van der Waals surface area contributed by atoms with E-state index in [4.69, 9.17) is 4.74 Å². The monoisotopic (exact) mass is 264 g/mol. The maximum absolute atomic E-state index is 11.6. The highest BCUT2D eigenvalue weighted by Crippen LogP contribution is 2.19. The molecule has 0 bridgehead atoms. The van der Waals surface area contributed by atoms with Gasteiger partial charge < -0.3 is 15.4 Å². The summed E-state index contributed by atoms with van der Waals surface area (Å²) in [5.41, 5.74) is 2.32. The van der Waals surface area contributed by atoms with Gasteiger partial charge in [0, 0.05) is 12.6 Å². The lowest BCUT2D eigenvalue weighted by atomic mass is 10.1. The van der Waals surface area contributed by atoms with Crippen LogP contribution in [-0.4, -0.2) is 32.1 Å². The quantitative estimate of drug-likeness (QED) is 0.787. The first-order chi connectivity index (χ1) is 9.02. The third-order valence-electron chi connectivity index (χ3n) is 2.82. The van der Waals surface area contributed by atoms with Gasteiger partial charge in [-0.1, -0.05) is 31.5 Å². The van der Waals surface area contributed by atoms with Gasteiger partial charge in [-0.3, -0.25) is 4.79 Å². The second-order valence-corrected chi connectivity index (χ2v) is 4.95. The third kappa shape index (κ3) is 5.75. The van der Waals surface area contributed by atoms with Gasteiger partial charge in [0.15, 0.2) is 0 Å². The number of hydrogen-bond acceptors (Lipinski definition) is 3. The number of aryl methyl sites for hydroxylation is 1. The maximum atomic E-state index is 11.6. The number of nitrogens with one attached hydrogen (secondary N) is 2. The Bertz CT molecular complexity index is 417. The molecular formula is C15H24N2O2. The zero-order valence-electron chi connectivity index (χ0n) is 12.2. The van der Waals surface area contributed by atoms with Gasteiger partial charge in [0.05, 0.1) is 13.7 Å². The molecule has 2 N–H and O–H groups in total. The lowest BCUT2D eigenvalue weighted by molar-refractivity contribution is -0.120. The van der Waals surface area contributed by atoms with E-state index in [0.717, 1.165) is 17.7 Å². The van der Waals surface area contributed by atoms with Crippen LogP contribution in [0.25, 0.3) is 0 Å². The van der Waals surface area contributed by atoms with Crippen LogP contribution in [0.1, 0.15) is 25.0 Å². The molecule has 106 valence electrons. The average Bonchev–Trinajstić information content (AvgIpc) is 2.36. The number of ether oxygens (including phenoxy) is 1. The Kier molecular flexibility index (Phi) is 6.36. The van der Waals surface area contributed by atoms with Gasteiger partial charge in [0.25, 0.3) is 0 Å². The van der Waals surface area contributed by atoms with Crippen molar-refractivity contribution >= 4 is 5.91 Å². The highest BCUT2D eigenvalue weighted by atomic mass is 16.5. The van der Waals surface area contributed by atoms with Crippen molar-refractivity contribution in [1.82, 2.24) is 10.6 Å². The molecule has 0 aliphatic rings. The van der Waals surface area contributed by atoms with Gasteiger partial charge in [0.2, 0.25) is 5.91 Å². The van der Waals surface area contributed by atoms with E-state index in [2.05, 4.69) is 16.7 Å². The average molecular weight is 264 g/mol. The first-order valence-electron chi connectivity index (χ1n) is 6.66. The highest BCUT2D eigenvalue weighted by molar-refractivity contribution is 5.78. The molecule has 0 saturated carbocycles. The van der Waals surface area contributed by atoms with Crippen molar-refractivity contribution in [3.63, 3.8) is 0 Å². The van der Waals surface area contributed by atoms with E-state index < -0.39 is 0 Å². The number of carbonyl (C=O) groups excluding carboxylic acids is 1. The summed E-state index contributed by atoms with van der Waals surface area (Å²) in [7, 11) is 1.67. The summed E-state index contributed by atoms with van der Waals surface area (Å²) >= 11 is 0. The van der Waals surface area contributed by atoms with Gasteiger partial charge in [0.1, 0.15) is 5.75 Å². The molecule has 1 amide bonds. The van der Waals surface area contributed by atoms with Crippen LogP contribution in [0.4, 0.5) is 0 Å². The molecule has 0 aliphatic heterocycles. The minimum Gasteiger partial charge on any atom is -0.496 e. The van der Waals surface area contributed by atoms with Crippen LogP contribution in [0.15, 0.2) is 18.2 Å². The Balaban J connectivity index is 2.40. The summed E-state index contributed by atoms with van der Waals surface area (Å²) < 4.78 is 5.31. The Morgan fingerprint density at radius 2 is 2.11 bits per heavy atom. The van der Waals surface area contributed by atoms with E-state index in [0.29, 0.717) is 19.1 Å². The zero-order chi connectivity index (χ0) is 14.3. The number of amides is 1. The van der Waals surface area contributed by atoms with E-state index in [9.17, 15) is 4.79 Å². The van der Waals surface area contributed by atoms with Gasteiger partial charge in [-0.25, -0.2) is 0 Å². The van der Waals surface area contributed by atoms with Crippen molar-refractivity contribution in [3.05, 3.63) is 29.3 Å². The largest absolute Gasteiger partial charge is 0.496 e. The third-order valence-corrected chi connectivity index (χ3v) is 2.82. The fourth-order valence-electron chi connectivity index (χ4n) is 1.80. The molecule has 4 heteroatoms. The molecule has 0 spiro atoms. The van der Waals surface area contributed by atoms with E-state index in [1.165, 1.54) is 5.56 Å². The van der Waals surface area contributed by atoms with Crippen LogP contribution in [-0.2, 0) is 11.2 Å². The molecule has 0 atom stereocenters. The molecule has 1 aromatic carbocycles. The maximum Gasteiger partial charge on any atom is 0.233 e. The summed E-state index contributed by atoms with van der Waals surface area (Å²) in [6.07, 6.45) is 0.776. The number of carbonyl (C=O) groups is 1. The highest BCUT2D eigenvalue weighted by Gasteiger charge is 2.05. The Morgan fingerprint density at radius 3 is 2.74 bits per heavy atom. The molecule has 1 rings (SSSR count). The number of rotatable bonds is 7. The van der Waals surface area contributed by atoms with Crippen LogP contribution in [0.5, 0.6) is 5.75 Å².